The van der Waals surface area contributed by atoms with Crippen LogP contribution in [-0.4, -0.2) is 48.8 Å². The number of carbonyl (C=O) groups is 1. The second-order valence-corrected chi connectivity index (χ2v) is 8.21. The number of hydrogen-bond donors (Lipinski definition) is 0. The van der Waals surface area contributed by atoms with Crippen molar-refractivity contribution >= 4 is 46.4 Å². The van der Waals surface area contributed by atoms with E-state index >= 15 is 0 Å². The second kappa shape index (κ2) is 11.4. The third-order valence-electron chi connectivity index (χ3n) is 4.82. The first-order valence-corrected chi connectivity index (χ1v) is 11.6. The Kier molecular flexibility index (Phi) is 7.91. The number of aromatic nitrogens is 2. The van der Waals surface area contributed by atoms with Gasteiger partial charge < -0.3 is 14.6 Å². The fourth-order valence-corrected chi connectivity index (χ4v) is 3.97. The summed E-state index contributed by atoms with van der Waals surface area (Å²) in [7, 11) is 3.16. The van der Waals surface area contributed by atoms with Crippen molar-refractivity contribution in [2.45, 2.75) is 6.54 Å². The molecule has 0 fully saturated rings. The number of hydrogen-bond acceptors (Lipinski definition) is 9. The molecule has 0 N–H and O–H groups in total. The number of aliphatic imine (C=N–C) groups is 2. The number of benzene rings is 2. The first-order chi connectivity index (χ1) is 17.1. The standard InChI is InChI=1S/C24H23N5O5S/c1-32-12-11-28-15-22(34-27-28)26-21(30)16-35-24-25-20(14-17-7-6-10-19(13-17)33-2)23(31)29(24)18-8-4-3-5-9-18/h3-10,13-15H,11-12,16H2,1-2H3/b20-14+. The molecule has 1 aliphatic rings. The van der Waals surface area contributed by atoms with Crippen LogP contribution in [0.2, 0.25) is 0 Å². The van der Waals surface area contributed by atoms with Crippen LogP contribution in [0, 0.1) is 0 Å². The normalized spacial score (nSPS) is 15.1. The molecule has 0 saturated carbocycles. The van der Waals surface area contributed by atoms with E-state index in [0.29, 0.717) is 29.8 Å². The summed E-state index contributed by atoms with van der Waals surface area (Å²) in [6, 6.07) is 16.5. The van der Waals surface area contributed by atoms with E-state index in [0.717, 1.165) is 17.3 Å². The molecule has 0 atom stereocenters. The van der Waals surface area contributed by atoms with E-state index in [1.165, 1.54) is 15.8 Å². The molecule has 1 aliphatic heterocycles. The van der Waals surface area contributed by atoms with Gasteiger partial charge in [-0.15, -0.1) is 0 Å². The van der Waals surface area contributed by atoms with Crippen molar-refractivity contribution in [2.75, 3.05) is 31.5 Å². The quantitative estimate of drug-likeness (QED) is 0.194. The van der Waals surface area contributed by atoms with Crippen molar-refractivity contribution in [3.05, 3.63) is 72.1 Å². The molecule has 180 valence electrons. The first kappa shape index (κ1) is 24.2. The smallest absolute Gasteiger partial charge is 0.320 e. The van der Waals surface area contributed by atoms with E-state index in [4.69, 9.17) is 14.0 Å². The number of ether oxygens (including phenoxy) is 2. The SMILES string of the molecule is COCC[n+]1cc(/N=C(/[O-])CSC2=N/C(=C/c3cccc(OC)c3)C(=O)N2c2ccccc2)on1. The van der Waals surface area contributed by atoms with Gasteiger partial charge in [0, 0.05) is 12.9 Å². The Bertz CT molecular complexity index is 1270. The van der Waals surface area contributed by atoms with Crippen LogP contribution < -0.4 is 19.4 Å². The number of methoxy groups -OCH3 is 2. The van der Waals surface area contributed by atoms with Crippen LogP contribution in [0.4, 0.5) is 11.6 Å². The minimum atomic E-state index is -0.446. The van der Waals surface area contributed by atoms with E-state index in [2.05, 4.69) is 15.3 Å². The monoisotopic (exact) mass is 493 g/mol. The van der Waals surface area contributed by atoms with Crippen molar-refractivity contribution in [1.29, 1.82) is 0 Å². The molecule has 0 radical (unpaired) electrons. The molecule has 0 aliphatic carbocycles. The minimum absolute atomic E-state index is 0.0410. The fraction of sp³-hybridized carbons (Fsp3) is 0.208. The third kappa shape index (κ3) is 6.14. The highest BCUT2D eigenvalue weighted by Crippen LogP contribution is 2.29. The van der Waals surface area contributed by atoms with Gasteiger partial charge in [-0.25, -0.2) is 9.98 Å². The summed E-state index contributed by atoms with van der Waals surface area (Å²) in [6.45, 7) is 0.932. The average molecular weight is 494 g/mol. The van der Waals surface area contributed by atoms with Crippen LogP contribution in [-0.2, 0) is 16.1 Å². The molecule has 0 spiro atoms. The van der Waals surface area contributed by atoms with Gasteiger partial charge in [0.1, 0.15) is 18.1 Å². The largest absolute Gasteiger partial charge is 0.861 e. The van der Waals surface area contributed by atoms with Gasteiger partial charge in [0.2, 0.25) is 11.8 Å². The van der Waals surface area contributed by atoms with Crippen molar-refractivity contribution < 1.29 is 28.6 Å². The van der Waals surface area contributed by atoms with E-state index in [1.807, 2.05) is 54.6 Å². The van der Waals surface area contributed by atoms with Crippen molar-refractivity contribution in [1.82, 2.24) is 5.27 Å². The molecule has 10 nitrogen and oxygen atoms in total. The van der Waals surface area contributed by atoms with Crippen LogP contribution in [0.15, 0.2) is 81.0 Å². The topological polar surface area (TPSA) is 116 Å². The molecular formula is C24H23N5O5S. The van der Waals surface area contributed by atoms with Gasteiger partial charge in [0.25, 0.3) is 12.1 Å². The highest BCUT2D eigenvalue weighted by atomic mass is 32.2. The molecule has 11 heteroatoms. The van der Waals surface area contributed by atoms with E-state index in [9.17, 15) is 9.90 Å². The van der Waals surface area contributed by atoms with Gasteiger partial charge in [-0.05, 0) is 46.5 Å². The predicted octanol–water partition coefficient (Wildman–Crippen LogP) is 2.18. The maximum absolute atomic E-state index is 13.3. The van der Waals surface area contributed by atoms with Gasteiger partial charge >= 0.3 is 5.88 Å². The number of amidine groups is 1. The van der Waals surface area contributed by atoms with E-state index in [1.54, 1.807) is 20.3 Å². The molecule has 2 aromatic carbocycles. The summed E-state index contributed by atoms with van der Waals surface area (Å²) in [4.78, 5) is 23.2. The predicted molar refractivity (Wildman–Crippen MR) is 130 cm³/mol. The van der Waals surface area contributed by atoms with Gasteiger partial charge in [0.05, 0.1) is 12.8 Å². The molecular weight excluding hydrogens is 470 g/mol. The number of nitrogens with zero attached hydrogens (tertiary/aromatic N) is 5. The molecule has 3 aromatic rings. The van der Waals surface area contributed by atoms with E-state index in [-0.39, 0.29) is 23.2 Å². The number of rotatable bonds is 9. The Balaban J connectivity index is 1.55. The van der Waals surface area contributed by atoms with Crippen LogP contribution in [0.3, 0.4) is 0 Å². The maximum Gasteiger partial charge on any atom is 0.320 e. The number of anilines is 1. The molecule has 4 rings (SSSR count). The zero-order valence-corrected chi connectivity index (χ0v) is 20.0. The van der Waals surface area contributed by atoms with E-state index < -0.39 is 5.90 Å². The summed E-state index contributed by atoms with van der Waals surface area (Å²) in [6.07, 6.45) is 3.21. The maximum atomic E-state index is 13.3. The Morgan fingerprint density at radius 2 is 2.06 bits per heavy atom. The summed E-state index contributed by atoms with van der Waals surface area (Å²) in [5, 5.41) is 16.6. The molecule has 0 unspecified atom stereocenters. The van der Waals surface area contributed by atoms with Crippen LogP contribution in [0.5, 0.6) is 5.75 Å². The molecule has 1 amide bonds. The lowest BCUT2D eigenvalue weighted by molar-refractivity contribution is -0.763. The number of thioether (sulfide) groups is 1. The lowest BCUT2D eigenvalue weighted by Gasteiger charge is -2.18. The third-order valence-corrected chi connectivity index (χ3v) is 5.75. The fourth-order valence-electron chi connectivity index (χ4n) is 3.18. The summed E-state index contributed by atoms with van der Waals surface area (Å²) < 4.78 is 16.8. The van der Waals surface area contributed by atoms with Gasteiger partial charge in [-0.1, -0.05) is 42.1 Å². The van der Waals surface area contributed by atoms with Gasteiger partial charge in [-0.3, -0.25) is 14.2 Å². The average Bonchev–Trinajstić information content (AvgIpc) is 3.45. The summed E-state index contributed by atoms with van der Waals surface area (Å²) >= 11 is 1.12. The van der Waals surface area contributed by atoms with Crippen LogP contribution >= 0.6 is 11.8 Å². The minimum Gasteiger partial charge on any atom is -0.861 e. The van der Waals surface area contributed by atoms with Crippen molar-refractivity contribution in [2.24, 2.45) is 9.98 Å². The Hall–Kier alpha value is -3.96. The molecule has 1 aromatic heterocycles. The summed E-state index contributed by atoms with van der Waals surface area (Å²) in [5.41, 5.74) is 1.67. The van der Waals surface area contributed by atoms with Crippen LogP contribution in [0.25, 0.3) is 6.08 Å². The van der Waals surface area contributed by atoms with Crippen LogP contribution in [0.1, 0.15) is 5.56 Å². The Morgan fingerprint density at radius 3 is 2.83 bits per heavy atom. The van der Waals surface area contributed by atoms with Gasteiger partial charge in [0.15, 0.2) is 5.17 Å². The zero-order chi connectivity index (χ0) is 24.6. The van der Waals surface area contributed by atoms with Crippen molar-refractivity contribution in [3.8, 4) is 5.75 Å². The highest BCUT2D eigenvalue weighted by molar-refractivity contribution is 8.14. The Morgan fingerprint density at radius 1 is 1.23 bits per heavy atom. The molecule has 35 heavy (non-hydrogen) atoms. The number of carbonyl (C=O) groups excluding carboxylic acids is 1. The molecule has 0 bridgehead atoms. The number of para-hydroxylation sites is 1. The highest BCUT2D eigenvalue weighted by Gasteiger charge is 2.31. The lowest BCUT2D eigenvalue weighted by atomic mass is 10.2. The molecule has 2 heterocycles. The van der Waals surface area contributed by atoms with Gasteiger partial charge in [-0.2, -0.15) is 0 Å². The lowest BCUT2D eigenvalue weighted by Crippen LogP contribution is -2.36. The zero-order valence-electron chi connectivity index (χ0n) is 19.2. The van der Waals surface area contributed by atoms with Crippen molar-refractivity contribution in [3.63, 3.8) is 0 Å². The first-order valence-electron chi connectivity index (χ1n) is 10.6. The number of amides is 1. The molecule has 0 saturated heterocycles. The second-order valence-electron chi connectivity index (χ2n) is 7.27. The summed E-state index contributed by atoms with van der Waals surface area (Å²) in [5.74, 6) is -0.0134. The Labute approximate surface area is 206 Å².